The van der Waals surface area contributed by atoms with Crippen molar-refractivity contribution in [1.82, 2.24) is 4.98 Å². The zero-order valence-corrected chi connectivity index (χ0v) is 10.3. The highest BCUT2D eigenvalue weighted by atomic mass is 35.5. The molecule has 0 atom stereocenters. The van der Waals surface area contributed by atoms with Crippen molar-refractivity contribution >= 4 is 28.9 Å². The van der Waals surface area contributed by atoms with Crippen LogP contribution in [0.3, 0.4) is 0 Å². The van der Waals surface area contributed by atoms with Gasteiger partial charge in [-0.15, -0.1) is 0 Å². The Kier molecular flexibility index (Phi) is 3.82. The molecule has 0 saturated heterocycles. The Balaban J connectivity index is 2.12. The van der Waals surface area contributed by atoms with Crippen LogP contribution in [0.1, 0.15) is 5.56 Å². The minimum Gasteiger partial charge on any atom is -0.379 e. The van der Waals surface area contributed by atoms with Crippen molar-refractivity contribution in [3.8, 4) is 0 Å². The summed E-state index contributed by atoms with van der Waals surface area (Å²) < 4.78 is 13.4. The van der Waals surface area contributed by atoms with Crippen LogP contribution in [0.2, 0.25) is 10.0 Å². The summed E-state index contributed by atoms with van der Waals surface area (Å²) in [4.78, 5) is 3.88. The molecule has 2 aromatic rings. The first-order chi connectivity index (χ1) is 8.16. The topological polar surface area (TPSA) is 24.9 Å². The quantitative estimate of drug-likeness (QED) is 0.907. The van der Waals surface area contributed by atoms with Crippen molar-refractivity contribution in [2.24, 2.45) is 0 Å². The molecule has 0 amide bonds. The number of pyridine rings is 1. The van der Waals surface area contributed by atoms with Crippen molar-refractivity contribution in [3.05, 3.63) is 58.1 Å². The number of nitrogens with one attached hydrogen (secondary N) is 1. The van der Waals surface area contributed by atoms with Gasteiger partial charge >= 0.3 is 0 Å². The molecule has 0 aliphatic rings. The van der Waals surface area contributed by atoms with E-state index in [4.69, 9.17) is 23.2 Å². The number of aromatic nitrogens is 1. The average molecular weight is 271 g/mol. The molecule has 0 spiro atoms. The van der Waals surface area contributed by atoms with Gasteiger partial charge in [-0.3, -0.25) is 4.98 Å². The molecule has 0 fully saturated rings. The van der Waals surface area contributed by atoms with E-state index in [2.05, 4.69) is 10.3 Å². The molecule has 0 aliphatic heterocycles. The van der Waals surface area contributed by atoms with Gasteiger partial charge in [-0.2, -0.15) is 0 Å². The molecule has 0 saturated carbocycles. The number of rotatable bonds is 3. The molecule has 88 valence electrons. The monoisotopic (exact) mass is 270 g/mol. The first-order valence-corrected chi connectivity index (χ1v) is 5.70. The number of hydrogen-bond acceptors (Lipinski definition) is 2. The van der Waals surface area contributed by atoms with Gasteiger partial charge in [0.05, 0.1) is 10.7 Å². The SMILES string of the molecule is Fc1ccc(Cl)cc1NCc1ccncc1Cl. The second kappa shape index (κ2) is 5.34. The summed E-state index contributed by atoms with van der Waals surface area (Å²) in [6.45, 7) is 0.415. The van der Waals surface area contributed by atoms with Crippen LogP contribution in [0.5, 0.6) is 0 Å². The smallest absolute Gasteiger partial charge is 0.146 e. The van der Waals surface area contributed by atoms with Gasteiger partial charge in [0.2, 0.25) is 0 Å². The first-order valence-electron chi connectivity index (χ1n) is 4.94. The molecule has 5 heteroatoms. The molecule has 0 radical (unpaired) electrons. The highest BCUT2D eigenvalue weighted by Crippen LogP contribution is 2.21. The van der Waals surface area contributed by atoms with Gasteiger partial charge < -0.3 is 5.32 Å². The molecule has 0 bridgehead atoms. The Labute approximate surface area is 108 Å². The maximum absolute atomic E-state index is 13.4. The molecule has 0 aliphatic carbocycles. The molecule has 1 heterocycles. The van der Waals surface area contributed by atoms with Crippen molar-refractivity contribution < 1.29 is 4.39 Å². The summed E-state index contributed by atoms with van der Waals surface area (Å²) in [5.41, 5.74) is 1.20. The molecule has 1 aromatic heterocycles. The van der Waals surface area contributed by atoms with Crippen LogP contribution in [0.15, 0.2) is 36.7 Å². The van der Waals surface area contributed by atoms with Gasteiger partial charge in [0.15, 0.2) is 0 Å². The summed E-state index contributed by atoms with van der Waals surface area (Å²) in [6.07, 6.45) is 3.18. The Morgan fingerprint density at radius 2 is 2.06 bits per heavy atom. The summed E-state index contributed by atoms with van der Waals surface area (Å²) in [7, 11) is 0. The summed E-state index contributed by atoms with van der Waals surface area (Å²) in [6, 6.07) is 6.13. The standard InChI is InChI=1S/C12H9Cl2FN2/c13-9-1-2-11(15)12(5-9)17-6-8-3-4-16-7-10(8)14/h1-5,7,17H,6H2. The number of halogens is 3. The normalized spacial score (nSPS) is 10.3. The number of benzene rings is 1. The molecule has 0 unspecified atom stereocenters. The molecule has 2 rings (SSSR count). The molecule has 17 heavy (non-hydrogen) atoms. The lowest BCUT2D eigenvalue weighted by atomic mass is 10.2. The summed E-state index contributed by atoms with van der Waals surface area (Å²) >= 11 is 11.7. The summed E-state index contributed by atoms with van der Waals surface area (Å²) in [5, 5.41) is 3.96. The van der Waals surface area contributed by atoms with Crippen LogP contribution >= 0.6 is 23.2 Å². The van der Waals surface area contributed by atoms with Gasteiger partial charge in [0, 0.05) is 24.0 Å². The second-order valence-corrected chi connectivity index (χ2v) is 4.29. The molecular formula is C12H9Cl2FN2. The fourth-order valence-corrected chi connectivity index (χ4v) is 1.73. The van der Waals surface area contributed by atoms with Crippen LogP contribution in [0.25, 0.3) is 0 Å². The van der Waals surface area contributed by atoms with E-state index in [1.54, 1.807) is 18.5 Å². The minimum absolute atomic E-state index is 0.348. The number of nitrogens with zero attached hydrogens (tertiary/aromatic N) is 1. The van der Waals surface area contributed by atoms with E-state index < -0.39 is 0 Å². The van der Waals surface area contributed by atoms with E-state index in [0.29, 0.717) is 22.3 Å². The largest absolute Gasteiger partial charge is 0.379 e. The Morgan fingerprint density at radius 3 is 2.82 bits per heavy atom. The predicted molar refractivity (Wildman–Crippen MR) is 68.0 cm³/mol. The van der Waals surface area contributed by atoms with Crippen LogP contribution < -0.4 is 5.32 Å². The molecular weight excluding hydrogens is 262 g/mol. The van der Waals surface area contributed by atoms with Crippen LogP contribution in [0, 0.1) is 5.82 Å². The predicted octanol–water partition coefficient (Wildman–Crippen LogP) is 4.14. The lowest BCUT2D eigenvalue weighted by Crippen LogP contribution is -2.02. The van der Waals surface area contributed by atoms with E-state index in [1.807, 2.05) is 0 Å². The minimum atomic E-state index is -0.348. The molecule has 1 N–H and O–H groups in total. The van der Waals surface area contributed by atoms with Crippen LogP contribution in [0.4, 0.5) is 10.1 Å². The number of anilines is 1. The van der Waals surface area contributed by atoms with Gasteiger partial charge in [0.25, 0.3) is 0 Å². The van der Waals surface area contributed by atoms with E-state index in [1.165, 1.54) is 18.2 Å². The molecule has 1 aromatic carbocycles. The van der Waals surface area contributed by atoms with Gasteiger partial charge in [0.1, 0.15) is 5.82 Å². The third kappa shape index (κ3) is 3.08. The number of hydrogen-bond donors (Lipinski definition) is 1. The van der Waals surface area contributed by atoms with Gasteiger partial charge in [-0.1, -0.05) is 23.2 Å². The highest BCUT2D eigenvalue weighted by molar-refractivity contribution is 6.31. The van der Waals surface area contributed by atoms with Crippen molar-refractivity contribution in [2.75, 3.05) is 5.32 Å². The zero-order chi connectivity index (χ0) is 12.3. The zero-order valence-electron chi connectivity index (χ0n) is 8.75. The van der Waals surface area contributed by atoms with Crippen LogP contribution in [-0.4, -0.2) is 4.98 Å². The average Bonchev–Trinajstić information content (AvgIpc) is 2.32. The maximum Gasteiger partial charge on any atom is 0.146 e. The Bertz CT molecular complexity index is 532. The second-order valence-electron chi connectivity index (χ2n) is 3.44. The Morgan fingerprint density at radius 1 is 1.24 bits per heavy atom. The Hall–Kier alpha value is -1.32. The lowest BCUT2D eigenvalue weighted by molar-refractivity contribution is 0.630. The third-order valence-electron chi connectivity index (χ3n) is 2.25. The van der Waals surface area contributed by atoms with Crippen LogP contribution in [-0.2, 0) is 6.54 Å². The van der Waals surface area contributed by atoms with E-state index in [9.17, 15) is 4.39 Å². The first kappa shape index (κ1) is 12.1. The lowest BCUT2D eigenvalue weighted by Gasteiger charge is -2.08. The van der Waals surface area contributed by atoms with Gasteiger partial charge in [-0.05, 0) is 29.8 Å². The van der Waals surface area contributed by atoms with E-state index in [0.717, 1.165) is 5.56 Å². The summed E-state index contributed by atoms with van der Waals surface area (Å²) in [5.74, 6) is -0.348. The van der Waals surface area contributed by atoms with Crippen molar-refractivity contribution in [3.63, 3.8) is 0 Å². The fraction of sp³-hybridized carbons (Fsp3) is 0.0833. The van der Waals surface area contributed by atoms with E-state index >= 15 is 0 Å². The third-order valence-corrected chi connectivity index (χ3v) is 2.83. The van der Waals surface area contributed by atoms with E-state index in [-0.39, 0.29) is 5.82 Å². The van der Waals surface area contributed by atoms with Gasteiger partial charge in [-0.25, -0.2) is 4.39 Å². The highest BCUT2D eigenvalue weighted by Gasteiger charge is 2.04. The fourth-order valence-electron chi connectivity index (χ4n) is 1.37. The molecule has 2 nitrogen and oxygen atoms in total. The van der Waals surface area contributed by atoms with Crippen molar-refractivity contribution in [2.45, 2.75) is 6.54 Å². The van der Waals surface area contributed by atoms with Crippen molar-refractivity contribution in [1.29, 1.82) is 0 Å². The maximum atomic E-state index is 13.4.